The van der Waals surface area contributed by atoms with E-state index in [1.54, 1.807) is 16.4 Å². The monoisotopic (exact) mass is 537 g/mol. The molecule has 1 aliphatic heterocycles. The number of fused-ring (bicyclic) bond motifs is 1. The summed E-state index contributed by atoms with van der Waals surface area (Å²) in [7, 11) is 2.05. The van der Waals surface area contributed by atoms with E-state index in [-0.39, 0.29) is 31.3 Å². The molecule has 2 aliphatic rings. The summed E-state index contributed by atoms with van der Waals surface area (Å²) >= 11 is 1.42. The predicted octanol–water partition coefficient (Wildman–Crippen LogP) is 1.08. The minimum absolute atomic E-state index is 0.0484. The van der Waals surface area contributed by atoms with E-state index >= 15 is 0 Å². The quantitative estimate of drug-likeness (QED) is 0.289. The van der Waals surface area contributed by atoms with Crippen LogP contribution in [0.1, 0.15) is 22.6 Å². The van der Waals surface area contributed by atoms with Crippen LogP contribution in [0.4, 0.5) is 0 Å². The molecule has 11 nitrogen and oxygen atoms in total. The van der Waals surface area contributed by atoms with Crippen LogP contribution in [0.25, 0.3) is 11.3 Å². The molecule has 3 heterocycles. The molecule has 1 aliphatic carbocycles. The summed E-state index contributed by atoms with van der Waals surface area (Å²) < 4.78 is 1.63. The van der Waals surface area contributed by atoms with Crippen LogP contribution in [0.5, 0.6) is 0 Å². The number of amides is 3. The molecule has 3 aromatic rings. The second-order valence-electron chi connectivity index (χ2n) is 10.0. The summed E-state index contributed by atoms with van der Waals surface area (Å²) in [6.45, 7) is 3.60. The van der Waals surface area contributed by atoms with Crippen LogP contribution in [-0.4, -0.2) is 80.7 Å². The van der Waals surface area contributed by atoms with Gasteiger partial charge in [-0.05, 0) is 31.0 Å². The number of piperazine rings is 1. The van der Waals surface area contributed by atoms with Crippen molar-refractivity contribution in [3.8, 4) is 11.3 Å². The molecule has 1 fully saturated rings. The fraction of sp³-hybridized carbons (Fsp3) is 0.423. The minimum atomic E-state index is -0.964. The lowest BCUT2D eigenvalue weighted by molar-refractivity contribution is -0.139. The number of nitrogens with one attached hydrogen (secondary N) is 2. The summed E-state index contributed by atoms with van der Waals surface area (Å²) in [5.41, 5.74) is 4.29. The topological polar surface area (TPSA) is 133 Å². The summed E-state index contributed by atoms with van der Waals surface area (Å²) in [4.78, 5) is 46.7. The molecule has 0 radical (unpaired) electrons. The second kappa shape index (κ2) is 11.0. The van der Waals surface area contributed by atoms with E-state index in [1.807, 2.05) is 40.7 Å². The second-order valence-corrected chi connectivity index (χ2v) is 11.0. The maximum atomic E-state index is 13.3. The lowest BCUT2D eigenvalue weighted by Crippen LogP contribution is -2.48. The van der Waals surface area contributed by atoms with Crippen molar-refractivity contribution in [2.24, 2.45) is 5.41 Å². The number of likely N-dealkylation sites (N-methyl/N-ethyl adjacent to an activating group) is 1. The normalized spacial score (nSPS) is 16.7. The fourth-order valence-corrected chi connectivity index (χ4v) is 5.89. The van der Waals surface area contributed by atoms with Crippen molar-refractivity contribution >= 4 is 29.1 Å². The van der Waals surface area contributed by atoms with Gasteiger partial charge in [0.2, 0.25) is 17.7 Å². The van der Waals surface area contributed by atoms with Crippen molar-refractivity contribution in [2.45, 2.75) is 32.4 Å². The summed E-state index contributed by atoms with van der Waals surface area (Å²) in [6.07, 6.45) is 4.24. The van der Waals surface area contributed by atoms with Crippen molar-refractivity contribution in [1.29, 1.82) is 0 Å². The van der Waals surface area contributed by atoms with E-state index in [4.69, 9.17) is 5.21 Å². The van der Waals surface area contributed by atoms with Crippen LogP contribution in [0.2, 0.25) is 0 Å². The predicted molar refractivity (Wildman–Crippen MR) is 140 cm³/mol. The Morgan fingerprint density at radius 3 is 2.50 bits per heavy atom. The van der Waals surface area contributed by atoms with Crippen molar-refractivity contribution < 1.29 is 19.6 Å². The molecule has 12 heteroatoms. The molecule has 0 atom stereocenters. The number of hydrogen-bond acceptors (Lipinski definition) is 8. The first-order chi connectivity index (χ1) is 18.3. The minimum Gasteiger partial charge on any atom is -0.349 e. The Hall–Kier alpha value is -3.61. The largest absolute Gasteiger partial charge is 0.349 e. The van der Waals surface area contributed by atoms with E-state index in [2.05, 4.69) is 27.3 Å². The third kappa shape index (κ3) is 5.62. The molecule has 1 aromatic carbocycles. The molecule has 2 aromatic heterocycles. The summed E-state index contributed by atoms with van der Waals surface area (Å²) in [5, 5.41) is 19.0. The number of hydrogen-bond donors (Lipinski definition) is 3. The average molecular weight is 538 g/mol. The van der Waals surface area contributed by atoms with Gasteiger partial charge in [-0.2, -0.15) is 5.10 Å². The Kier molecular flexibility index (Phi) is 7.54. The van der Waals surface area contributed by atoms with Crippen molar-refractivity contribution in [3.05, 3.63) is 58.2 Å². The lowest BCUT2D eigenvalue weighted by atomic mass is 9.80. The number of hydroxylamine groups is 1. The summed E-state index contributed by atoms with van der Waals surface area (Å²) in [5.74, 6) is -0.788. The number of rotatable bonds is 8. The Morgan fingerprint density at radius 1 is 1.11 bits per heavy atom. The third-order valence-electron chi connectivity index (χ3n) is 7.32. The van der Waals surface area contributed by atoms with E-state index in [9.17, 15) is 14.4 Å². The first-order valence-electron chi connectivity index (χ1n) is 12.6. The number of carbonyl (C=O) groups is 3. The van der Waals surface area contributed by atoms with Gasteiger partial charge in [0.05, 0.1) is 23.9 Å². The molecule has 0 bridgehead atoms. The zero-order valence-electron chi connectivity index (χ0n) is 21.2. The molecule has 0 saturated carbocycles. The van der Waals surface area contributed by atoms with Gasteiger partial charge in [-0.15, -0.1) is 11.3 Å². The van der Waals surface area contributed by atoms with Crippen LogP contribution in [0, 0.1) is 5.41 Å². The van der Waals surface area contributed by atoms with Gasteiger partial charge in [0.15, 0.2) is 0 Å². The zero-order valence-corrected chi connectivity index (χ0v) is 22.0. The first kappa shape index (κ1) is 26.0. The highest BCUT2D eigenvalue weighted by Gasteiger charge is 2.45. The van der Waals surface area contributed by atoms with Gasteiger partial charge in [0.1, 0.15) is 11.6 Å². The van der Waals surface area contributed by atoms with Gasteiger partial charge >= 0.3 is 0 Å². The maximum absolute atomic E-state index is 13.3. The van der Waals surface area contributed by atoms with E-state index in [0.717, 1.165) is 48.6 Å². The lowest BCUT2D eigenvalue weighted by Gasteiger charge is -2.32. The number of benzene rings is 1. The molecule has 1 saturated heterocycles. The highest BCUT2D eigenvalue weighted by molar-refractivity contribution is 7.09. The van der Waals surface area contributed by atoms with E-state index < -0.39 is 11.3 Å². The van der Waals surface area contributed by atoms with E-state index in [0.29, 0.717) is 17.8 Å². The van der Waals surface area contributed by atoms with Crippen molar-refractivity contribution in [1.82, 2.24) is 35.4 Å². The molecular weight excluding hydrogens is 506 g/mol. The first-order valence-corrected chi connectivity index (χ1v) is 13.4. The van der Waals surface area contributed by atoms with Gasteiger partial charge in [0, 0.05) is 49.7 Å². The highest BCUT2D eigenvalue weighted by Crippen LogP contribution is 2.40. The van der Waals surface area contributed by atoms with Crippen LogP contribution in [0.3, 0.4) is 0 Å². The highest BCUT2D eigenvalue weighted by atomic mass is 32.1. The van der Waals surface area contributed by atoms with Crippen molar-refractivity contribution in [2.75, 3.05) is 33.2 Å². The molecule has 38 heavy (non-hydrogen) atoms. The van der Waals surface area contributed by atoms with Crippen molar-refractivity contribution in [3.63, 3.8) is 0 Å². The van der Waals surface area contributed by atoms with E-state index in [1.165, 1.54) is 11.3 Å². The van der Waals surface area contributed by atoms with Gasteiger partial charge in [0.25, 0.3) is 0 Å². The summed E-state index contributed by atoms with van der Waals surface area (Å²) in [6, 6.07) is 7.77. The van der Waals surface area contributed by atoms with Gasteiger partial charge in [-0.25, -0.2) is 10.5 Å². The Bertz CT molecular complexity index is 1300. The Labute approximate surface area is 224 Å². The van der Waals surface area contributed by atoms with Gasteiger partial charge in [-0.3, -0.25) is 24.3 Å². The fourth-order valence-electron chi connectivity index (χ4n) is 5.15. The molecule has 3 N–H and O–H groups in total. The van der Waals surface area contributed by atoms with Crippen LogP contribution < -0.4 is 10.8 Å². The molecule has 0 spiro atoms. The molecule has 200 valence electrons. The number of thiazole rings is 1. The number of carbonyl (C=O) groups excluding carboxylic acids is 3. The molecule has 3 amide bonds. The zero-order chi connectivity index (χ0) is 26.7. The smallest absolute Gasteiger partial charge is 0.244 e. The maximum Gasteiger partial charge on any atom is 0.244 e. The number of nitrogens with zero attached hydrogens (tertiary/aromatic N) is 5. The van der Waals surface area contributed by atoms with Gasteiger partial charge < -0.3 is 15.1 Å². The third-order valence-corrected chi connectivity index (χ3v) is 8.16. The average Bonchev–Trinajstić information content (AvgIpc) is 3.66. The Morgan fingerprint density at radius 2 is 1.82 bits per heavy atom. The SMILES string of the molecule is CN1CCN(C(=O)Cn2cc(-c3csc(CNC(=O)C4(CC(=O)NO)Cc5ccccc5C4)n3)cn2)CC1. The van der Waals surface area contributed by atoms with Crippen LogP contribution in [0.15, 0.2) is 42.0 Å². The van der Waals surface area contributed by atoms with Gasteiger partial charge in [-0.1, -0.05) is 24.3 Å². The van der Waals surface area contributed by atoms with Crippen LogP contribution in [-0.2, 0) is 40.3 Å². The molecule has 5 rings (SSSR count). The molecule has 0 unspecified atom stereocenters. The Balaban J connectivity index is 1.20. The standard InChI is InChI=1S/C26H31N7O4S/c1-31-6-8-32(9-7-31)24(35)16-33-15-20(13-28-33)21-17-38-23(29-21)14-27-25(36)26(12-22(34)30-37)10-18-4-2-3-5-19(18)11-26/h2-5,13,15,17,37H,6-12,14,16H2,1H3,(H,27,36)(H,30,34). The van der Waals surface area contributed by atoms with Crippen LogP contribution >= 0.6 is 11.3 Å². The molecular formula is C26H31N7O4S. The number of aromatic nitrogens is 3.